The van der Waals surface area contributed by atoms with Crippen molar-refractivity contribution in [1.82, 2.24) is 4.98 Å². The van der Waals surface area contributed by atoms with E-state index < -0.39 is 23.5 Å². The third-order valence-electron chi connectivity index (χ3n) is 5.48. The maximum absolute atomic E-state index is 13.5. The Labute approximate surface area is 191 Å². The number of anilines is 1. The SMILES string of the molecule is CCCOc1ccc(/C(O)=C2/C(=O)C(=O)N(c3ccc(F)cc3)C2c2ccncc2)cc1C. The summed E-state index contributed by atoms with van der Waals surface area (Å²) in [6.45, 7) is 4.42. The fraction of sp³-hybridized carbons (Fsp3) is 0.192. The summed E-state index contributed by atoms with van der Waals surface area (Å²) in [7, 11) is 0. The number of aliphatic hydroxyl groups is 1. The second-order valence-electron chi connectivity index (χ2n) is 7.75. The molecule has 0 radical (unpaired) electrons. The van der Waals surface area contributed by atoms with Crippen LogP contribution in [-0.2, 0) is 9.59 Å². The first kappa shape index (κ1) is 22.2. The summed E-state index contributed by atoms with van der Waals surface area (Å²) in [5.41, 5.74) is 2.08. The summed E-state index contributed by atoms with van der Waals surface area (Å²) in [5.74, 6) is -1.68. The standard InChI is InChI=1S/C26H23FN2O4/c1-3-14-33-21-9-4-18(15-16(21)2)24(30)22-23(17-10-12-28-13-11-17)29(26(32)25(22)31)20-7-5-19(27)6-8-20/h4-13,15,23,30H,3,14H2,1-2H3/b24-22-. The van der Waals surface area contributed by atoms with Gasteiger partial charge in [-0.1, -0.05) is 6.92 Å². The van der Waals surface area contributed by atoms with Gasteiger partial charge in [0.2, 0.25) is 0 Å². The lowest BCUT2D eigenvalue weighted by Gasteiger charge is -2.25. The van der Waals surface area contributed by atoms with Gasteiger partial charge in [0.25, 0.3) is 11.7 Å². The van der Waals surface area contributed by atoms with E-state index in [1.165, 1.54) is 29.2 Å². The number of hydrogen-bond donors (Lipinski definition) is 1. The lowest BCUT2D eigenvalue weighted by Crippen LogP contribution is -2.29. The van der Waals surface area contributed by atoms with Gasteiger partial charge < -0.3 is 9.84 Å². The number of carbonyl (C=O) groups is 2. The van der Waals surface area contributed by atoms with Crippen LogP contribution in [0.4, 0.5) is 10.1 Å². The molecule has 0 spiro atoms. The second kappa shape index (κ2) is 9.24. The molecule has 7 heteroatoms. The summed E-state index contributed by atoms with van der Waals surface area (Å²) in [4.78, 5) is 31.5. The maximum Gasteiger partial charge on any atom is 0.300 e. The monoisotopic (exact) mass is 446 g/mol. The fourth-order valence-electron chi connectivity index (χ4n) is 3.89. The first-order chi connectivity index (χ1) is 15.9. The van der Waals surface area contributed by atoms with Crippen LogP contribution in [0.3, 0.4) is 0 Å². The highest BCUT2D eigenvalue weighted by Gasteiger charge is 2.47. The van der Waals surface area contributed by atoms with Gasteiger partial charge in [0, 0.05) is 23.6 Å². The van der Waals surface area contributed by atoms with E-state index in [4.69, 9.17) is 4.74 Å². The van der Waals surface area contributed by atoms with Gasteiger partial charge >= 0.3 is 0 Å². The Morgan fingerprint density at radius 1 is 1.09 bits per heavy atom. The molecule has 4 rings (SSSR count). The Kier molecular flexibility index (Phi) is 6.22. The van der Waals surface area contributed by atoms with E-state index in [0.717, 1.165) is 12.0 Å². The van der Waals surface area contributed by atoms with Crippen molar-refractivity contribution in [1.29, 1.82) is 0 Å². The molecule has 1 atom stereocenters. The van der Waals surface area contributed by atoms with Crippen LogP contribution in [0.5, 0.6) is 5.75 Å². The van der Waals surface area contributed by atoms with Gasteiger partial charge in [0.1, 0.15) is 17.3 Å². The molecule has 6 nitrogen and oxygen atoms in total. The van der Waals surface area contributed by atoms with Crippen molar-refractivity contribution >= 4 is 23.1 Å². The molecular weight excluding hydrogens is 423 g/mol. The highest BCUT2D eigenvalue weighted by Crippen LogP contribution is 2.42. The molecule has 1 saturated heterocycles. The third kappa shape index (κ3) is 4.22. The molecule has 0 aliphatic carbocycles. The number of benzene rings is 2. The van der Waals surface area contributed by atoms with Crippen LogP contribution in [0.15, 0.2) is 72.6 Å². The minimum Gasteiger partial charge on any atom is -0.507 e. The summed E-state index contributed by atoms with van der Waals surface area (Å²) < 4.78 is 19.2. The Bertz CT molecular complexity index is 1220. The predicted octanol–water partition coefficient (Wildman–Crippen LogP) is 4.94. The Morgan fingerprint density at radius 3 is 2.42 bits per heavy atom. The van der Waals surface area contributed by atoms with Crippen molar-refractivity contribution < 1.29 is 23.8 Å². The molecule has 1 N–H and O–H groups in total. The normalized spacial score (nSPS) is 17.4. The Balaban J connectivity index is 1.85. The fourth-order valence-corrected chi connectivity index (χ4v) is 3.89. The van der Waals surface area contributed by atoms with Crippen LogP contribution in [0.25, 0.3) is 5.76 Å². The first-order valence-electron chi connectivity index (χ1n) is 10.6. The zero-order valence-corrected chi connectivity index (χ0v) is 18.3. The topological polar surface area (TPSA) is 79.7 Å². The molecule has 2 heterocycles. The van der Waals surface area contributed by atoms with Crippen LogP contribution < -0.4 is 9.64 Å². The molecule has 1 aromatic heterocycles. The Morgan fingerprint density at radius 2 is 1.79 bits per heavy atom. The van der Waals surface area contributed by atoms with Gasteiger partial charge in [-0.15, -0.1) is 0 Å². The van der Waals surface area contributed by atoms with Crippen molar-refractivity contribution in [2.45, 2.75) is 26.3 Å². The van der Waals surface area contributed by atoms with Gasteiger partial charge in [-0.25, -0.2) is 4.39 Å². The number of hydrogen-bond acceptors (Lipinski definition) is 5. The smallest absolute Gasteiger partial charge is 0.300 e. The van der Waals surface area contributed by atoms with Crippen molar-refractivity contribution in [2.75, 3.05) is 11.5 Å². The molecule has 1 aliphatic rings. The summed E-state index contributed by atoms with van der Waals surface area (Å²) in [6, 6.07) is 12.9. The zero-order valence-electron chi connectivity index (χ0n) is 18.3. The lowest BCUT2D eigenvalue weighted by atomic mass is 9.95. The van der Waals surface area contributed by atoms with E-state index in [1.807, 2.05) is 13.8 Å². The lowest BCUT2D eigenvalue weighted by molar-refractivity contribution is -0.132. The number of aryl methyl sites for hydroxylation is 1. The molecule has 0 saturated carbocycles. The number of nitrogens with zero attached hydrogens (tertiary/aromatic N) is 2. The molecule has 1 amide bonds. The van der Waals surface area contributed by atoms with Crippen molar-refractivity contribution in [3.63, 3.8) is 0 Å². The molecule has 2 aromatic carbocycles. The minimum atomic E-state index is -0.894. The largest absolute Gasteiger partial charge is 0.507 e. The van der Waals surface area contributed by atoms with E-state index in [-0.39, 0.29) is 11.3 Å². The maximum atomic E-state index is 13.5. The van der Waals surface area contributed by atoms with Gasteiger partial charge in [-0.05, 0) is 79.1 Å². The Hall–Kier alpha value is -4.00. The van der Waals surface area contributed by atoms with E-state index in [1.54, 1.807) is 42.7 Å². The number of aromatic nitrogens is 1. The average Bonchev–Trinajstić information content (AvgIpc) is 3.09. The van der Waals surface area contributed by atoms with Gasteiger partial charge in [0.15, 0.2) is 0 Å². The van der Waals surface area contributed by atoms with Crippen molar-refractivity contribution in [3.05, 3.63) is 95.1 Å². The van der Waals surface area contributed by atoms with Gasteiger partial charge in [0.05, 0.1) is 18.2 Å². The van der Waals surface area contributed by atoms with Crippen molar-refractivity contribution in [3.8, 4) is 5.75 Å². The number of Topliss-reactive ketones (excluding diaryl/α,β-unsaturated/α-hetero) is 1. The van der Waals surface area contributed by atoms with Crippen molar-refractivity contribution in [2.24, 2.45) is 0 Å². The first-order valence-corrected chi connectivity index (χ1v) is 10.6. The summed E-state index contributed by atoms with van der Waals surface area (Å²) in [5, 5.41) is 11.2. The van der Waals surface area contributed by atoms with Gasteiger partial charge in [-0.2, -0.15) is 0 Å². The van der Waals surface area contributed by atoms with E-state index >= 15 is 0 Å². The zero-order chi connectivity index (χ0) is 23.5. The molecule has 1 aliphatic heterocycles. The number of amides is 1. The van der Waals surface area contributed by atoms with Crippen LogP contribution in [-0.4, -0.2) is 28.4 Å². The molecule has 168 valence electrons. The predicted molar refractivity (Wildman–Crippen MR) is 122 cm³/mol. The highest BCUT2D eigenvalue weighted by atomic mass is 19.1. The number of ketones is 1. The minimum absolute atomic E-state index is 0.0443. The van der Waals surface area contributed by atoms with E-state index in [9.17, 15) is 19.1 Å². The van der Waals surface area contributed by atoms with Crippen LogP contribution >= 0.6 is 0 Å². The molecule has 1 fully saturated rings. The number of halogens is 1. The molecular formula is C26H23FN2O4. The summed E-state index contributed by atoms with van der Waals surface area (Å²) in [6.07, 6.45) is 3.95. The highest BCUT2D eigenvalue weighted by molar-refractivity contribution is 6.51. The molecule has 1 unspecified atom stereocenters. The van der Waals surface area contributed by atoms with E-state index in [2.05, 4.69) is 4.98 Å². The number of aliphatic hydroxyl groups excluding tert-OH is 1. The van der Waals surface area contributed by atoms with Crippen LogP contribution in [0.1, 0.15) is 36.1 Å². The number of carbonyl (C=O) groups excluding carboxylic acids is 2. The second-order valence-corrected chi connectivity index (χ2v) is 7.75. The molecule has 0 bridgehead atoms. The molecule has 33 heavy (non-hydrogen) atoms. The molecule has 3 aromatic rings. The van der Waals surface area contributed by atoms with E-state index in [0.29, 0.717) is 29.2 Å². The number of rotatable bonds is 6. The number of ether oxygens (including phenoxy) is 1. The third-order valence-corrected chi connectivity index (χ3v) is 5.48. The van der Waals surface area contributed by atoms with Crippen LogP contribution in [0, 0.1) is 12.7 Å². The van der Waals surface area contributed by atoms with Gasteiger partial charge in [-0.3, -0.25) is 19.5 Å². The van der Waals surface area contributed by atoms with Crippen LogP contribution in [0.2, 0.25) is 0 Å². The average molecular weight is 446 g/mol. The summed E-state index contributed by atoms with van der Waals surface area (Å²) >= 11 is 0. The quantitative estimate of drug-likeness (QED) is 0.329. The number of pyridine rings is 1.